The van der Waals surface area contributed by atoms with Gasteiger partial charge in [-0.3, -0.25) is 9.29 Å². The lowest BCUT2D eigenvalue weighted by molar-refractivity contribution is 0.484. The predicted molar refractivity (Wildman–Crippen MR) is 110 cm³/mol. The molecule has 0 saturated heterocycles. The minimum atomic E-state index is -4.30. The van der Waals surface area contributed by atoms with Crippen molar-refractivity contribution in [2.75, 3.05) is 4.72 Å². The molecule has 4 aromatic heterocycles. The summed E-state index contributed by atoms with van der Waals surface area (Å²) in [5, 5.41) is -0.0134. The number of oxazole rings is 1. The van der Waals surface area contributed by atoms with Crippen molar-refractivity contribution in [3.05, 3.63) is 71.2 Å². The summed E-state index contributed by atoms with van der Waals surface area (Å²) in [4.78, 5) is 19.8. The highest BCUT2D eigenvalue weighted by Crippen LogP contribution is 2.28. The summed E-state index contributed by atoms with van der Waals surface area (Å²) >= 11 is 0.805. The molecule has 13 heteroatoms. The van der Waals surface area contributed by atoms with Crippen molar-refractivity contribution in [3.63, 3.8) is 0 Å². The Morgan fingerprint density at radius 3 is 2.90 bits per heavy atom. The Kier molecular flexibility index (Phi) is 4.37. The van der Waals surface area contributed by atoms with Crippen LogP contribution in [0.2, 0.25) is 0 Å². The monoisotopic (exact) mass is 460 g/mol. The van der Waals surface area contributed by atoms with Gasteiger partial charge in [-0.05, 0) is 19.1 Å². The molecule has 0 bridgehead atoms. The van der Waals surface area contributed by atoms with Gasteiger partial charge in [0, 0.05) is 29.4 Å². The average molecular weight is 460 g/mol. The number of aromatic nitrogens is 5. The number of benzene rings is 1. The fourth-order valence-electron chi connectivity index (χ4n) is 3.44. The van der Waals surface area contributed by atoms with Gasteiger partial charge in [-0.15, -0.1) is 0 Å². The zero-order valence-electron chi connectivity index (χ0n) is 15.8. The lowest BCUT2D eigenvalue weighted by Crippen LogP contribution is -2.21. The number of nitrogens with one attached hydrogen (secondary N) is 1. The highest BCUT2D eigenvalue weighted by Gasteiger charge is 2.26. The maximum atomic E-state index is 14.9. The second kappa shape index (κ2) is 6.99. The van der Waals surface area contributed by atoms with Crippen molar-refractivity contribution in [2.24, 2.45) is 0 Å². The summed E-state index contributed by atoms with van der Waals surface area (Å²) in [6, 6.07) is 6.90. The maximum absolute atomic E-state index is 14.9. The van der Waals surface area contributed by atoms with E-state index in [0.29, 0.717) is 0 Å². The summed E-state index contributed by atoms with van der Waals surface area (Å²) < 4.78 is 54.2. The number of halogens is 1. The first-order valence-corrected chi connectivity index (χ1v) is 11.2. The molecule has 5 aromatic rings. The van der Waals surface area contributed by atoms with Crippen molar-refractivity contribution in [2.45, 2.75) is 17.9 Å². The molecule has 1 atom stereocenters. The van der Waals surface area contributed by atoms with E-state index in [1.807, 2.05) is 18.2 Å². The largest absolute Gasteiger partial charge is 0.420 e. The topological polar surface area (TPSA) is 124 Å². The van der Waals surface area contributed by atoms with Crippen LogP contribution < -0.4 is 10.5 Å². The van der Waals surface area contributed by atoms with Gasteiger partial charge in [0.15, 0.2) is 5.58 Å². The van der Waals surface area contributed by atoms with Crippen LogP contribution in [0.25, 0.3) is 16.6 Å². The molecule has 5 rings (SSSR count). The Morgan fingerprint density at radius 1 is 1.29 bits per heavy atom. The molecule has 0 fully saturated rings. The van der Waals surface area contributed by atoms with Crippen LogP contribution in [0.3, 0.4) is 0 Å². The Morgan fingerprint density at radius 2 is 2.13 bits per heavy atom. The van der Waals surface area contributed by atoms with Crippen LogP contribution in [0, 0.1) is 5.82 Å². The molecule has 10 nitrogen and oxygen atoms in total. The van der Waals surface area contributed by atoms with Crippen LogP contribution in [-0.4, -0.2) is 31.7 Å². The van der Waals surface area contributed by atoms with E-state index in [1.54, 1.807) is 23.8 Å². The first-order chi connectivity index (χ1) is 14.8. The van der Waals surface area contributed by atoms with Gasteiger partial charge in [-0.2, -0.15) is 4.37 Å². The van der Waals surface area contributed by atoms with E-state index in [9.17, 15) is 17.6 Å². The van der Waals surface area contributed by atoms with Gasteiger partial charge < -0.3 is 8.82 Å². The fraction of sp³-hybridized carbons (Fsp3) is 0.111. The quantitative estimate of drug-likeness (QED) is 0.427. The van der Waals surface area contributed by atoms with Crippen LogP contribution >= 0.6 is 11.5 Å². The smallest absolute Gasteiger partial charge is 0.408 e. The van der Waals surface area contributed by atoms with Gasteiger partial charge in [-0.25, -0.2) is 27.6 Å². The van der Waals surface area contributed by atoms with Gasteiger partial charge in [0.25, 0.3) is 10.0 Å². The average Bonchev–Trinajstić information content (AvgIpc) is 3.45. The molecule has 31 heavy (non-hydrogen) atoms. The SMILES string of the molecule is C[C@H](c1cccc2cncn12)n1c(=O)oc2cc(S(=O)(=O)Nc3ncns3)c(F)cc21. The Balaban J connectivity index is 1.63. The molecule has 0 aliphatic rings. The van der Waals surface area contributed by atoms with E-state index < -0.39 is 32.5 Å². The molecule has 0 amide bonds. The second-order valence-electron chi connectivity index (χ2n) is 6.66. The molecule has 0 spiro atoms. The molecule has 0 saturated carbocycles. The molecule has 0 aliphatic heterocycles. The summed E-state index contributed by atoms with van der Waals surface area (Å²) in [6.45, 7) is 1.75. The fourth-order valence-corrected chi connectivity index (χ4v) is 5.18. The number of sulfonamides is 1. The number of nitrogens with zero attached hydrogens (tertiary/aromatic N) is 5. The van der Waals surface area contributed by atoms with Gasteiger partial charge >= 0.3 is 5.76 Å². The van der Waals surface area contributed by atoms with Crippen LogP contribution in [0.1, 0.15) is 18.7 Å². The standard InChI is InChI=1S/C18H13FN6O4S2/c1-10(13-4-2-3-11-7-20-9-24(11)13)25-14-5-12(19)16(6-15(14)29-18(25)26)31(27,28)23-17-21-8-22-30-17/h2-10H,1H3,(H,21,22,23)/t10-/m1/s1. The molecular formula is C18H13FN6O4S2. The predicted octanol–water partition coefficient (Wildman–Crippen LogP) is 2.64. The molecule has 0 radical (unpaired) electrons. The van der Waals surface area contributed by atoms with Gasteiger partial charge in [-0.1, -0.05) is 6.07 Å². The van der Waals surface area contributed by atoms with Crippen molar-refractivity contribution < 1.29 is 17.2 Å². The van der Waals surface area contributed by atoms with Crippen molar-refractivity contribution in [1.29, 1.82) is 0 Å². The molecule has 1 aromatic carbocycles. The Labute approximate surface area is 177 Å². The second-order valence-corrected chi connectivity index (χ2v) is 9.09. The summed E-state index contributed by atoms with van der Waals surface area (Å²) in [7, 11) is -4.30. The maximum Gasteiger partial charge on any atom is 0.420 e. The lowest BCUT2D eigenvalue weighted by Gasteiger charge is -2.15. The number of anilines is 1. The third-order valence-electron chi connectivity index (χ3n) is 4.83. The summed E-state index contributed by atoms with van der Waals surface area (Å²) in [5.74, 6) is -1.78. The molecule has 0 aliphatic carbocycles. The van der Waals surface area contributed by atoms with Gasteiger partial charge in [0.05, 0.1) is 29.6 Å². The molecular weight excluding hydrogens is 447 g/mol. The first-order valence-electron chi connectivity index (χ1n) is 8.90. The Hall–Kier alpha value is -3.58. The molecule has 0 unspecified atom stereocenters. The molecule has 158 valence electrons. The van der Waals surface area contributed by atoms with Crippen LogP contribution in [0.15, 0.2) is 63.3 Å². The van der Waals surface area contributed by atoms with E-state index in [-0.39, 0.29) is 16.2 Å². The van der Waals surface area contributed by atoms with Crippen molar-refractivity contribution >= 4 is 43.3 Å². The zero-order chi connectivity index (χ0) is 21.8. The molecule has 4 heterocycles. The van der Waals surface area contributed by atoms with E-state index >= 15 is 0 Å². The third kappa shape index (κ3) is 3.18. The number of imidazole rings is 1. The first kappa shape index (κ1) is 19.4. The van der Waals surface area contributed by atoms with E-state index in [4.69, 9.17) is 4.42 Å². The van der Waals surface area contributed by atoms with Crippen molar-refractivity contribution in [1.82, 2.24) is 23.3 Å². The summed E-state index contributed by atoms with van der Waals surface area (Å²) in [5.41, 5.74) is 1.61. The normalized spacial score (nSPS) is 13.1. The lowest BCUT2D eigenvalue weighted by atomic mass is 10.2. The number of rotatable bonds is 5. The van der Waals surface area contributed by atoms with Crippen LogP contribution in [0.4, 0.5) is 9.52 Å². The number of hydrogen-bond donors (Lipinski definition) is 1. The summed E-state index contributed by atoms with van der Waals surface area (Å²) in [6.07, 6.45) is 4.45. The van der Waals surface area contributed by atoms with Gasteiger partial charge in [0.2, 0.25) is 5.13 Å². The molecule has 1 N–H and O–H groups in total. The number of hydrogen-bond acceptors (Lipinski definition) is 8. The minimum Gasteiger partial charge on any atom is -0.408 e. The van der Waals surface area contributed by atoms with Crippen LogP contribution in [-0.2, 0) is 10.0 Å². The Bertz CT molecular complexity index is 1590. The van der Waals surface area contributed by atoms with Crippen molar-refractivity contribution in [3.8, 4) is 0 Å². The highest BCUT2D eigenvalue weighted by molar-refractivity contribution is 7.93. The highest BCUT2D eigenvalue weighted by atomic mass is 32.2. The minimum absolute atomic E-state index is 0.0134. The van der Waals surface area contributed by atoms with Gasteiger partial charge in [0.1, 0.15) is 17.0 Å². The van der Waals surface area contributed by atoms with E-state index in [1.165, 1.54) is 10.9 Å². The number of pyridine rings is 1. The third-order valence-corrected chi connectivity index (χ3v) is 6.90. The number of fused-ring (bicyclic) bond motifs is 2. The van der Waals surface area contributed by atoms with E-state index in [2.05, 4.69) is 19.1 Å². The zero-order valence-corrected chi connectivity index (χ0v) is 17.4. The van der Waals surface area contributed by atoms with E-state index in [0.717, 1.165) is 34.9 Å². The van der Waals surface area contributed by atoms with Crippen LogP contribution in [0.5, 0.6) is 0 Å².